The van der Waals surface area contributed by atoms with E-state index < -0.39 is 0 Å². The zero-order valence-electron chi connectivity index (χ0n) is 11.8. The summed E-state index contributed by atoms with van der Waals surface area (Å²) in [5.41, 5.74) is 2.68. The second-order valence-electron chi connectivity index (χ2n) is 4.45. The number of hydrogen-bond donors (Lipinski definition) is 0. The number of benzene rings is 1. The number of ether oxygens (including phenoxy) is 1. The fraction of sp³-hybridized carbons (Fsp3) is 0.412. The number of allylic oxidation sites excluding steroid dienone is 4. The number of rotatable bonds is 7. The minimum atomic E-state index is 0.779. The molecule has 18 heavy (non-hydrogen) atoms. The van der Waals surface area contributed by atoms with Gasteiger partial charge in [0.25, 0.3) is 0 Å². The summed E-state index contributed by atoms with van der Waals surface area (Å²) >= 11 is 0. The van der Waals surface area contributed by atoms with E-state index in [9.17, 15) is 0 Å². The lowest BCUT2D eigenvalue weighted by Gasteiger charge is -2.07. The Bertz CT molecular complexity index is 385. The second kappa shape index (κ2) is 8.57. The van der Waals surface area contributed by atoms with Crippen LogP contribution in [0, 0.1) is 6.92 Å². The van der Waals surface area contributed by atoms with Gasteiger partial charge in [0.15, 0.2) is 0 Å². The van der Waals surface area contributed by atoms with Gasteiger partial charge in [-0.05, 0) is 45.2 Å². The molecule has 0 amide bonds. The summed E-state index contributed by atoms with van der Waals surface area (Å²) in [7, 11) is 0. The van der Waals surface area contributed by atoms with Crippen LogP contribution in [0.4, 0.5) is 0 Å². The zero-order chi connectivity index (χ0) is 13.2. The molecule has 0 aromatic heterocycles. The monoisotopic (exact) mass is 244 g/mol. The van der Waals surface area contributed by atoms with Gasteiger partial charge in [-0.2, -0.15) is 0 Å². The summed E-state index contributed by atoms with van der Waals surface area (Å²) in [6, 6.07) is 8.23. The Hall–Kier alpha value is -1.50. The smallest absolute Gasteiger partial charge is 0.119 e. The molecule has 0 aliphatic carbocycles. The van der Waals surface area contributed by atoms with Crippen molar-refractivity contribution in [1.82, 2.24) is 0 Å². The summed E-state index contributed by atoms with van der Waals surface area (Å²) in [6.07, 6.45) is 9.82. The Kier molecular flexibility index (Phi) is 6.93. The van der Waals surface area contributed by atoms with Crippen molar-refractivity contribution in [3.8, 4) is 5.75 Å². The van der Waals surface area contributed by atoms with Gasteiger partial charge in [0.2, 0.25) is 0 Å². The highest BCUT2D eigenvalue weighted by atomic mass is 16.5. The first kappa shape index (κ1) is 14.6. The second-order valence-corrected chi connectivity index (χ2v) is 4.45. The van der Waals surface area contributed by atoms with Crippen molar-refractivity contribution < 1.29 is 4.74 Å². The van der Waals surface area contributed by atoms with E-state index >= 15 is 0 Å². The maximum atomic E-state index is 5.72. The third-order valence-electron chi connectivity index (χ3n) is 2.75. The van der Waals surface area contributed by atoms with E-state index in [1.54, 1.807) is 0 Å². The van der Waals surface area contributed by atoms with Crippen molar-refractivity contribution in [2.75, 3.05) is 6.61 Å². The molecule has 98 valence electrons. The van der Waals surface area contributed by atoms with Crippen LogP contribution in [-0.2, 0) is 0 Å². The lowest BCUT2D eigenvalue weighted by Crippen LogP contribution is -1.97. The molecule has 1 heteroatoms. The molecule has 1 aromatic rings. The van der Waals surface area contributed by atoms with Crippen LogP contribution < -0.4 is 4.74 Å². The fourth-order valence-corrected chi connectivity index (χ4v) is 1.83. The fourth-order valence-electron chi connectivity index (χ4n) is 1.83. The SMILES string of the molecule is C/C=C\C(=C/CC)CCCOc1ccc(C)cc1. The van der Waals surface area contributed by atoms with E-state index in [4.69, 9.17) is 4.74 Å². The third kappa shape index (κ3) is 5.72. The van der Waals surface area contributed by atoms with Crippen molar-refractivity contribution >= 4 is 0 Å². The quantitative estimate of drug-likeness (QED) is 0.481. The Labute approximate surface area is 111 Å². The molecule has 0 N–H and O–H groups in total. The average Bonchev–Trinajstić information content (AvgIpc) is 2.37. The lowest BCUT2D eigenvalue weighted by atomic mass is 10.1. The molecular weight excluding hydrogens is 220 g/mol. The van der Waals surface area contributed by atoms with E-state index in [1.807, 2.05) is 12.1 Å². The molecule has 0 aliphatic heterocycles. The van der Waals surface area contributed by atoms with Crippen molar-refractivity contribution in [3.05, 3.63) is 53.6 Å². The first-order chi connectivity index (χ1) is 8.76. The van der Waals surface area contributed by atoms with E-state index in [1.165, 1.54) is 11.1 Å². The number of hydrogen-bond acceptors (Lipinski definition) is 1. The van der Waals surface area contributed by atoms with Crippen molar-refractivity contribution in [2.24, 2.45) is 0 Å². The summed E-state index contributed by atoms with van der Waals surface area (Å²) in [4.78, 5) is 0. The van der Waals surface area contributed by atoms with Gasteiger partial charge in [-0.3, -0.25) is 0 Å². The number of aryl methyl sites for hydroxylation is 1. The van der Waals surface area contributed by atoms with Gasteiger partial charge in [0.1, 0.15) is 5.75 Å². The van der Waals surface area contributed by atoms with Crippen LogP contribution in [0.15, 0.2) is 48.1 Å². The van der Waals surface area contributed by atoms with Crippen LogP contribution in [0.1, 0.15) is 38.7 Å². The van der Waals surface area contributed by atoms with Crippen molar-refractivity contribution in [3.63, 3.8) is 0 Å². The molecule has 0 fully saturated rings. The topological polar surface area (TPSA) is 9.23 Å². The summed E-state index contributed by atoms with van der Waals surface area (Å²) in [5.74, 6) is 0.965. The van der Waals surface area contributed by atoms with E-state index in [2.05, 4.69) is 51.1 Å². The van der Waals surface area contributed by atoms with E-state index in [0.717, 1.165) is 31.6 Å². The maximum absolute atomic E-state index is 5.72. The van der Waals surface area contributed by atoms with Crippen LogP contribution in [-0.4, -0.2) is 6.61 Å². The summed E-state index contributed by atoms with van der Waals surface area (Å²) < 4.78 is 5.72. The van der Waals surface area contributed by atoms with Crippen LogP contribution in [0.2, 0.25) is 0 Å². The first-order valence-electron chi connectivity index (χ1n) is 6.77. The molecule has 0 spiro atoms. The Balaban J connectivity index is 2.29. The molecule has 0 atom stereocenters. The van der Waals surface area contributed by atoms with Gasteiger partial charge in [-0.15, -0.1) is 0 Å². The Morgan fingerprint density at radius 1 is 1.22 bits per heavy atom. The van der Waals surface area contributed by atoms with Crippen molar-refractivity contribution in [1.29, 1.82) is 0 Å². The van der Waals surface area contributed by atoms with Gasteiger partial charge < -0.3 is 4.74 Å². The zero-order valence-corrected chi connectivity index (χ0v) is 11.8. The molecule has 0 heterocycles. The Morgan fingerprint density at radius 2 is 1.94 bits per heavy atom. The van der Waals surface area contributed by atoms with Crippen LogP contribution >= 0.6 is 0 Å². The molecule has 0 bridgehead atoms. The standard InChI is InChI=1S/C17H24O/c1-4-7-16(8-5-2)9-6-14-18-17-12-10-15(3)11-13-17/h4,7-8,10-13H,5-6,9,14H2,1-3H3/b7-4-,16-8+. The molecule has 0 unspecified atom stereocenters. The molecule has 1 rings (SSSR count). The van der Waals surface area contributed by atoms with Crippen molar-refractivity contribution in [2.45, 2.75) is 40.0 Å². The van der Waals surface area contributed by atoms with Gasteiger partial charge in [-0.1, -0.05) is 48.4 Å². The van der Waals surface area contributed by atoms with Crippen LogP contribution in [0.5, 0.6) is 5.75 Å². The van der Waals surface area contributed by atoms with Gasteiger partial charge >= 0.3 is 0 Å². The third-order valence-corrected chi connectivity index (χ3v) is 2.75. The predicted octanol–water partition coefficient (Wildman–Crippen LogP) is 5.07. The highest BCUT2D eigenvalue weighted by Crippen LogP contribution is 2.13. The molecule has 1 aromatic carbocycles. The highest BCUT2D eigenvalue weighted by molar-refractivity contribution is 5.26. The van der Waals surface area contributed by atoms with Crippen LogP contribution in [0.25, 0.3) is 0 Å². The largest absolute Gasteiger partial charge is 0.494 e. The summed E-state index contributed by atoms with van der Waals surface area (Å²) in [6.45, 7) is 7.10. The maximum Gasteiger partial charge on any atom is 0.119 e. The van der Waals surface area contributed by atoms with E-state index in [-0.39, 0.29) is 0 Å². The molecular formula is C17H24O. The minimum Gasteiger partial charge on any atom is -0.494 e. The van der Waals surface area contributed by atoms with Gasteiger partial charge in [-0.25, -0.2) is 0 Å². The molecule has 0 saturated heterocycles. The van der Waals surface area contributed by atoms with Gasteiger partial charge in [0.05, 0.1) is 6.61 Å². The molecule has 1 nitrogen and oxygen atoms in total. The Morgan fingerprint density at radius 3 is 2.56 bits per heavy atom. The molecule has 0 aliphatic rings. The summed E-state index contributed by atoms with van der Waals surface area (Å²) in [5, 5.41) is 0. The molecule has 0 radical (unpaired) electrons. The normalized spacial score (nSPS) is 12.1. The van der Waals surface area contributed by atoms with Gasteiger partial charge in [0, 0.05) is 0 Å². The first-order valence-corrected chi connectivity index (χ1v) is 6.77. The van der Waals surface area contributed by atoms with E-state index in [0.29, 0.717) is 0 Å². The minimum absolute atomic E-state index is 0.779. The molecule has 0 saturated carbocycles. The van der Waals surface area contributed by atoms with Crippen LogP contribution in [0.3, 0.4) is 0 Å². The average molecular weight is 244 g/mol. The predicted molar refractivity (Wildman–Crippen MR) is 79.1 cm³/mol. The lowest BCUT2D eigenvalue weighted by molar-refractivity contribution is 0.311. The highest BCUT2D eigenvalue weighted by Gasteiger charge is 1.95.